The molecule has 17 heavy (non-hydrogen) atoms. The quantitative estimate of drug-likeness (QED) is 0.836. The van der Waals surface area contributed by atoms with Crippen molar-refractivity contribution in [2.75, 3.05) is 5.73 Å². The van der Waals surface area contributed by atoms with Crippen LogP contribution in [0.5, 0.6) is 0 Å². The highest BCUT2D eigenvalue weighted by Crippen LogP contribution is 2.26. The Hall–Kier alpha value is -0.630. The minimum absolute atomic E-state index is 0.104. The molecule has 4 nitrogen and oxygen atoms in total. The smallest absolute Gasteiger partial charge is 0.135 e. The summed E-state index contributed by atoms with van der Waals surface area (Å²) in [5.41, 5.74) is 7.04. The van der Waals surface area contributed by atoms with Gasteiger partial charge in [0.1, 0.15) is 5.82 Å². The van der Waals surface area contributed by atoms with Crippen LogP contribution in [0, 0.1) is 3.57 Å². The molecule has 6 heteroatoms. The van der Waals surface area contributed by atoms with E-state index in [0.29, 0.717) is 12.4 Å². The number of hydrogen-bond donors (Lipinski definition) is 1. The molecule has 0 saturated heterocycles. The van der Waals surface area contributed by atoms with Gasteiger partial charge in [-0.3, -0.25) is 0 Å². The molecule has 0 aliphatic heterocycles. The van der Waals surface area contributed by atoms with Crippen LogP contribution in [0.1, 0.15) is 31.5 Å². The summed E-state index contributed by atoms with van der Waals surface area (Å²) in [5, 5.41) is 7.46. The fourth-order valence-electron chi connectivity index (χ4n) is 1.38. The van der Waals surface area contributed by atoms with Crippen molar-refractivity contribution >= 4 is 39.7 Å². The van der Waals surface area contributed by atoms with Crippen molar-refractivity contribution in [1.29, 1.82) is 0 Å². The molecule has 0 unspecified atom stereocenters. The molecule has 0 saturated carbocycles. The van der Waals surface area contributed by atoms with Crippen LogP contribution in [0.3, 0.4) is 0 Å². The molecule has 0 radical (unpaired) electrons. The van der Waals surface area contributed by atoms with E-state index in [0.717, 1.165) is 14.3 Å². The number of anilines is 1. The van der Waals surface area contributed by atoms with Gasteiger partial charge < -0.3 is 5.73 Å². The molecule has 0 bridgehead atoms. The van der Waals surface area contributed by atoms with E-state index in [-0.39, 0.29) is 5.41 Å². The number of nitrogen functional groups attached to an aromatic ring is 1. The van der Waals surface area contributed by atoms with Crippen LogP contribution in [-0.2, 0) is 12.0 Å². The van der Waals surface area contributed by atoms with E-state index in [1.807, 2.05) is 0 Å². The molecule has 92 valence electrons. The zero-order chi connectivity index (χ0) is 12.6. The van der Waals surface area contributed by atoms with Gasteiger partial charge in [-0.15, -0.1) is 11.3 Å². The van der Waals surface area contributed by atoms with E-state index in [1.165, 1.54) is 0 Å². The molecule has 2 aromatic rings. The molecular formula is C11H15IN4S. The Morgan fingerprint density at radius 3 is 2.65 bits per heavy atom. The predicted molar refractivity (Wildman–Crippen MR) is 79.3 cm³/mol. The van der Waals surface area contributed by atoms with Crippen molar-refractivity contribution in [1.82, 2.24) is 14.8 Å². The Bertz CT molecular complexity index is 524. The van der Waals surface area contributed by atoms with Crippen LogP contribution in [0.2, 0.25) is 0 Å². The van der Waals surface area contributed by atoms with Gasteiger partial charge in [-0.05, 0) is 22.6 Å². The number of hydrogen-bond acceptors (Lipinski definition) is 4. The highest BCUT2D eigenvalue weighted by atomic mass is 127. The summed E-state index contributed by atoms with van der Waals surface area (Å²) >= 11 is 3.87. The van der Waals surface area contributed by atoms with Crippen LogP contribution in [0.15, 0.2) is 11.6 Å². The number of thiazole rings is 1. The van der Waals surface area contributed by atoms with Crippen molar-refractivity contribution in [2.45, 2.75) is 32.7 Å². The van der Waals surface area contributed by atoms with Gasteiger partial charge in [0.25, 0.3) is 0 Å². The summed E-state index contributed by atoms with van der Waals surface area (Å²) in [5.74, 6) is 0.705. The third kappa shape index (κ3) is 2.79. The fraction of sp³-hybridized carbons (Fsp3) is 0.455. The van der Waals surface area contributed by atoms with Crippen LogP contribution in [-0.4, -0.2) is 14.8 Å². The number of nitrogens with zero attached hydrogens (tertiary/aromatic N) is 3. The minimum Gasteiger partial charge on any atom is -0.383 e. The Morgan fingerprint density at radius 1 is 1.47 bits per heavy atom. The lowest BCUT2D eigenvalue weighted by molar-refractivity contribution is 0.579. The Balaban J connectivity index is 2.20. The number of nitrogens with two attached hydrogens (primary N) is 1. The third-order valence-electron chi connectivity index (χ3n) is 2.34. The van der Waals surface area contributed by atoms with E-state index in [9.17, 15) is 0 Å². The van der Waals surface area contributed by atoms with Gasteiger partial charge in [0, 0.05) is 10.8 Å². The largest absolute Gasteiger partial charge is 0.383 e. The van der Waals surface area contributed by atoms with Crippen molar-refractivity contribution in [3.63, 3.8) is 0 Å². The second-order valence-electron chi connectivity index (χ2n) is 4.93. The fourth-order valence-corrected chi connectivity index (χ4v) is 2.68. The highest BCUT2D eigenvalue weighted by Gasteiger charge is 2.18. The lowest BCUT2D eigenvalue weighted by atomic mass is 9.98. The van der Waals surface area contributed by atoms with Crippen LogP contribution in [0.4, 0.5) is 5.82 Å². The van der Waals surface area contributed by atoms with Crippen molar-refractivity contribution in [2.24, 2.45) is 0 Å². The first-order chi connectivity index (χ1) is 7.88. The maximum Gasteiger partial charge on any atom is 0.135 e. The molecule has 2 N–H and O–H groups in total. The average molecular weight is 362 g/mol. The lowest BCUT2D eigenvalue weighted by Gasteiger charge is -2.13. The lowest BCUT2D eigenvalue weighted by Crippen LogP contribution is -2.11. The summed E-state index contributed by atoms with van der Waals surface area (Å²) < 4.78 is 2.76. The number of halogens is 1. The molecule has 0 aliphatic carbocycles. The molecule has 0 fully saturated rings. The standard InChI is InChI=1S/C11H15IN4S/c1-11(2,3)10-15-7(6-17-10)5-16-9(13)8(12)4-14-16/h4,6H,5,13H2,1-3H3. The summed E-state index contributed by atoms with van der Waals surface area (Å²) in [7, 11) is 0. The van der Waals surface area contributed by atoms with E-state index in [4.69, 9.17) is 5.73 Å². The SMILES string of the molecule is CC(C)(C)c1nc(Cn2ncc(I)c2N)cs1. The monoisotopic (exact) mass is 362 g/mol. The topological polar surface area (TPSA) is 56.7 Å². The van der Waals surface area contributed by atoms with Gasteiger partial charge >= 0.3 is 0 Å². The molecule has 0 aliphatic rings. The molecular weight excluding hydrogens is 347 g/mol. The molecule has 0 aromatic carbocycles. The van der Waals surface area contributed by atoms with Crippen LogP contribution in [0.25, 0.3) is 0 Å². The molecule has 0 atom stereocenters. The van der Waals surface area contributed by atoms with Gasteiger partial charge in [-0.2, -0.15) is 5.10 Å². The second kappa shape index (κ2) is 4.56. The van der Waals surface area contributed by atoms with Crippen molar-refractivity contribution in [3.8, 4) is 0 Å². The Kier molecular flexibility index (Phi) is 3.44. The van der Waals surface area contributed by atoms with Crippen LogP contribution < -0.4 is 5.73 Å². The molecule has 2 rings (SSSR count). The molecule has 2 heterocycles. The number of aromatic nitrogens is 3. The van der Waals surface area contributed by atoms with Crippen LogP contribution >= 0.6 is 33.9 Å². The first-order valence-electron chi connectivity index (χ1n) is 5.29. The average Bonchev–Trinajstić information content (AvgIpc) is 2.80. The van der Waals surface area contributed by atoms with Gasteiger partial charge in [-0.1, -0.05) is 20.8 Å². The van der Waals surface area contributed by atoms with Gasteiger partial charge in [0.2, 0.25) is 0 Å². The van der Waals surface area contributed by atoms with E-state index in [2.05, 4.69) is 58.8 Å². The summed E-state index contributed by atoms with van der Waals surface area (Å²) in [6.07, 6.45) is 1.77. The zero-order valence-corrected chi connectivity index (χ0v) is 13.0. The Labute approximate surface area is 118 Å². The summed E-state index contributed by atoms with van der Waals surface area (Å²) in [4.78, 5) is 4.63. The molecule has 0 amide bonds. The summed E-state index contributed by atoms with van der Waals surface area (Å²) in [6, 6.07) is 0. The zero-order valence-electron chi connectivity index (χ0n) is 10.1. The summed E-state index contributed by atoms with van der Waals surface area (Å²) in [6.45, 7) is 7.14. The third-order valence-corrected chi connectivity index (χ3v) is 4.49. The molecule has 0 spiro atoms. The number of rotatable bonds is 2. The molecule has 2 aromatic heterocycles. The van der Waals surface area contributed by atoms with Gasteiger partial charge in [-0.25, -0.2) is 9.67 Å². The first kappa shape index (κ1) is 12.8. The maximum atomic E-state index is 5.91. The maximum absolute atomic E-state index is 5.91. The van der Waals surface area contributed by atoms with E-state index < -0.39 is 0 Å². The van der Waals surface area contributed by atoms with Gasteiger partial charge in [0.15, 0.2) is 0 Å². The second-order valence-corrected chi connectivity index (χ2v) is 6.95. The predicted octanol–water partition coefficient (Wildman–Crippen LogP) is 2.87. The van der Waals surface area contributed by atoms with Crippen molar-refractivity contribution < 1.29 is 0 Å². The Morgan fingerprint density at radius 2 is 2.18 bits per heavy atom. The minimum atomic E-state index is 0.104. The van der Waals surface area contributed by atoms with Crippen molar-refractivity contribution in [3.05, 3.63) is 25.8 Å². The van der Waals surface area contributed by atoms with Gasteiger partial charge in [0.05, 0.1) is 27.0 Å². The van der Waals surface area contributed by atoms with E-state index >= 15 is 0 Å². The van der Waals surface area contributed by atoms with E-state index in [1.54, 1.807) is 22.2 Å². The first-order valence-corrected chi connectivity index (χ1v) is 7.25. The normalized spacial score (nSPS) is 12.0. The highest BCUT2D eigenvalue weighted by molar-refractivity contribution is 14.1.